The Morgan fingerprint density at radius 2 is 1.92 bits per heavy atom. The standard InChI is InChI=1S/C28H26N4O3S/c1-17-26(18(2)35-31-17)20-8-9-24-23(13-20)28(30-27(29-24)21-12-22(14-33)36-16-21)32-10-11-34-15-25(32)19-6-4-3-5-7-19/h3-9,12-13,16,25,33H,10-11,14-15H2,1-2H3/t25-/m1/s1. The molecule has 182 valence electrons. The molecular weight excluding hydrogens is 472 g/mol. The third kappa shape index (κ3) is 4.07. The maximum atomic E-state index is 9.59. The fourth-order valence-electron chi connectivity index (χ4n) is 4.90. The van der Waals surface area contributed by atoms with Gasteiger partial charge < -0.3 is 19.3 Å². The quantitative estimate of drug-likeness (QED) is 0.333. The second kappa shape index (κ2) is 9.46. The highest BCUT2D eigenvalue weighted by Crippen LogP contribution is 2.38. The van der Waals surface area contributed by atoms with Crippen molar-refractivity contribution >= 4 is 28.1 Å². The molecule has 0 amide bonds. The molecule has 0 unspecified atom stereocenters. The zero-order valence-electron chi connectivity index (χ0n) is 20.1. The normalized spacial score (nSPS) is 16.1. The summed E-state index contributed by atoms with van der Waals surface area (Å²) in [6, 6.07) is 18.7. The number of hydrogen-bond acceptors (Lipinski definition) is 8. The number of rotatable bonds is 5. The van der Waals surface area contributed by atoms with Gasteiger partial charge in [0.05, 0.1) is 37.1 Å². The number of fused-ring (bicyclic) bond motifs is 1. The van der Waals surface area contributed by atoms with Gasteiger partial charge in [0, 0.05) is 33.3 Å². The Morgan fingerprint density at radius 1 is 1.06 bits per heavy atom. The maximum absolute atomic E-state index is 9.59. The summed E-state index contributed by atoms with van der Waals surface area (Å²) in [5.74, 6) is 2.31. The highest BCUT2D eigenvalue weighted by atomic mass is 32.1. The van der Waals surface area contributed by atoms with Crippen LogP contribution in [-0.4, -0.2) is 40.0 Å². The number of aryl methyl sites for hydroxylation is 2. The molecule has 1 fully saturated rings. The van der Waals surface area contributed by atoms with Crippen LogP contribution in [0.3, 0.4) is 0 Å². The van der Waals surface area contributed by atoms with Crippen LogP contribution in [-0.2, 0) is 11.3 Å². The van der Waals surface area contributed by atoms with Crippen molar-refractivity contribution in [3.8, 4) is 22.5 Å². The summed E-state index contributed by atoms with van der Waals surface area (Å²) in [5.41, 5.74) is 5.84. The molecule has 0 saturated carbocycles. The van der Waals surface area contributed by atoms with Gasteiger partial charge in [-0.1, -0.05) is 41.6 Å². The lowest BCUT2D eigenvalue weighted by Crippen LogP contribution is -2.40. The van der Waals surface area contributed by atoms with E-state index in [9.17, 15) is 5.11 Å². The van der Waals surface area contributed by atoms with Gasteiger partial charge in [0.15, 0.2) is 5.82 Å². The molecule has 0 spiro atoms. The largest absolute Gasteiger partial charge is 0.391 e. The summed E-state index contributed by atoms with van der Waals surface area (Å²) >= 11 is 1.51. The van der Waals surface area contributed by atoms with E-state index in [1.165, 1.54) is 16.9 Å². The third-order valence-electron chi connectivity index (χ3n) is 6.65. The van der Waals surface area contributed by atoms with E-state index in [-0.39, 0.29) is 12.6 Å². The Bertz CT molecular complexity index is 1510. The number of ether oxygens (including phenoxy) is 1. The highest BCUT2D eigenvalue weighted by Gasteiger charge is 2.28. The van der Waals surface area contributed by atoms with E-state index >= 15 is 0 Å². The van der Waals surface area contributed by atoms with E-state index in [2.05, 4.69) is 46.5 Å². The SMILES string of the molecule is Cc1noc(C)c1-c1ccc2nc(-c3csc(CO)c3)nc(N3CCOC[C@@H]3c3ccccc3)c2c1. The van der Waals surface area contributed by atoms with E-state index in [1.807, 2.05) is 37.4 Å². The van der Waals surface area contributed by atoms with Crippen molar-refractivity contribution in [3.05, 3.63) is 81.9 Å². The molecule has 1 aliphatic heterocycles. The van der Waals surface area contributed by atoms with Crippen LogP contribution in [0.1, 0.15) is 27.9 Å². The van der Waals surface area contributed by atoms with Crippen molar-refractivity contribution in [3.63, 3.8) is 0 Å². The van der Waals surface area contributed by atoms with Crippen molar-refractivity contribution in [1.29, 1.82) is 0 Å². The molecule has 0 radical (unpaired) electrons. The second-order valence-corrected chi connectivity index (χ2v) is 9.95. The maximum Gasteiger partial charge on any atom is 0.163 e. The summed E-state index contributed by atoms with van der Waals surface area (Å²) in [6.07, 6.45) is 0. The zero-order chi connectivity index (χ0) is 24.6. The Balaban J connectivity index is 1.56. The predicted octanol–water partition coefficient (Wildman–Crippen LogP) is 5.70. The van der Waals surface area contributed by atoms with E-state index < -0.39 is 0 Å². The molecular formula is C28H26N4O3S. The van der Waals surface area contributed by atoms with Gasteiger partial charge in [-0.15, -0.1) is 11.3 Å². The number of benzene rings is 2. The zero-order valence-corrected chi connectivity index (χ0v) is 21.0. The number of aliphatic hydroxyl groups excluding tert-OH is 1. The molecule has 2 aromatic carbocycles. The topological polar surface area (TPSA) is 84.5 Å². The van der Waals surface area contributed by atoms with Crippen LogP contribution in [0.15, 0.2) is 64.5 Å². The molecule has 6 rings (SSSR count). The van der Waals surface area contributed by atoms with Gasteiger partial charge in [0.2, 0.25) is 0 Å². The number of aliphatic hydroxyl groups is 1. The van der Waals surface area contributed by atoms with Crippen molar-refractivity contribution in [2.75, 3.05) is 24.7 Å². The number of morpholine rings is 1. The summed E-state index contributed by atoms with van der Waals surface area (Å²) in [4.78, 5) is 13.3. The number of aromatic nitrogens is 3. The first kappa shape index (κ1) is 22.8. The minimum Gasteiger partial charge on any atom is -0.391 e. The predicted molar refractivity (Wildman–Crippen MR) is 141 cm³/mol. The first-order valence-corrected chi connectivity index (χ1v) is 12.8. The fraction of sp³-hybridized carbons (Fsp3) is 0.250. The molecule has 5 aromatic rings. The fourth-order valence-corrected chi connectivity index (χ4v) is 5.62. The summed E-state index contributed by atoms with van der Waals surface area (Å²) in [7, 11) is 0. The molecule has 1 saturated heterocycles. The van der Waals surface area contributed by atoms with E-state index in [0.29, 0.717) is 25.6 Å². The lowest BCUT2D eigenvalue weighted by atomic mass is 10.0. The molecule has 0 bridgehead atoms. The molecule has 4 heterocycles. The smallest absolute Gasteiger partial charge is 0.163 e. The minimum absolute atomic E-state index is 0.00540. The van der Waals surface area contributed by atoms with Crippen LogP contribution in [0, 0.1) is 13.8 Å². The third-order valence-corrected chi connectivity index (χ3v) is 7.57. The van der Waals surface area contributed by atoms with Gasteiger partial charge in [-0.25, -0.2) is 9.97 Å². The average Bonchev–Trinajstić information content (AvgIpc) is 3.54. The van der Waals surface area contributed by atoms with Crippen LogP contribution in [0.25, 0.3) is 33.4 Å². The van der Waals surface area contributed by atoms with Gasteiger partial charge in [-0.3, -0.25) is 0 Å². The monoisotopic (exact) mass is 498 g/mol. The number of hydrogen-bond donors (Lipinski definition) is 1. The lowest BCUT2D eigenvalue weighted by molar-refractivity contribution is 0.0939. The Labute approximate surface area is 213 Å². The number of thiophene rings is 1. The molecule has 8 heteroatoms. The van der Waals surface area contributed by atoms with Gasteiger partial charge in [0.1, 0.15) is 11.6 Å². The van der Waals surface area contributed by atoms with E-state index in [0.717, 1.165) is 49.7 Å². The van der Waals surface area contributed by atoms with Crippen molar-refractivity contribution in [2.24, 2.45) is 0 Å². The van der Waals surface area contributed by atoms with Gasteiger partial charge in [-0.2, -0.15) is 0 Å². The molecule has 36 heavy (non-hydrogen) atoms. The number of anilines is 1. The molecule has 0 aliphatic carbocycles. The first-order valence-electron chi connectivity index (χ1n) is 12.0. The summed E-state index contributed by atoms with van der Waals surface area (Å²) < 4.78 is 11.4. The van der Waals surface area contributed by atoms with E-state index in [1.54, 1.807) is 0 Å². The van der Waals surface area contributed by atoms with Crippen LogP contribution in [0.4, 0.5) is 5.82 Å². The Hall–Kier alpha value is -3.59. The first-order chi connectivity index (χ1) is 17.6. The molecule has 1 aliphatic rings. The highest BCUT2D eigenvalue weighted by molar-refractivity contribution is 7.10. The van der Waals surface area contributed by atoms with Gasteiger partial charge in [0.25, 0.3) is 0 Å². The summed E-state index contributed by atoms with van der Waals surface area (Å²) in [6.45, 7) is 5.82. The van der Waals surface area contributed by atoms with E-state index in [4.69, 9.17) is 19.2 Å². The average molecular weight is 499 g/mol. The second-order valence-electron chi connectivity index (χ2n) is 8.96. The molecule has 1 atom stereocenters. The van der Waals surface area contributed by atoms with Crippen molar-refractivity contribution in [2.45, 2.75) is 26.5 Å². The Kier molecular flexibility index (Phi) is 6.00. The molecule has 7 nitrogen and oxygen atoms in total. The van der Waals surface area contributed by atoms with Gasteiger partial charge in [-0.05, 0) is 43.2 Å². The van der Waals surface area contributed by atoms with Crippen molar-refractivity contribution in [1.82, 2.24) is 15.1 Å². The van der Waals surface area contributed by atoms with Crippen molar-refractivity contribution < 1.29 is 14.4 Å². The summed E-state index contributed by atoms with van der Waals surface area (Å²) in [5, 5.41) is 16.7. The van der Waals surface area contributed by atoms with Crippen LogP contribution >= 0.6 is 11.3 Å². The molecule has 3 aromatic heterocycles. The lowest BCUT2D eigenvalue weighted by Gasteiger charge is -2.37. The Morgan fingerprint density at radius 3 is 2.67 bits per heavy atom. The number of nitrogens with zero attached hydrogens (tertiary/aromatic N) is 4. The van der Waals surface area contributed by atoms with Crippen LogP contribution in [0.2, 0.25) is 0 Å². The molecule has 1 N–H and O–H groups in total. The van der Waals surface area contributed by atoms with Crippen LogP contribution in [0.5, 0.6) is 0 Å². The minimum atomic E-state index is 0.00540. The van der Waals surface area contributed by atoms with Gasteiger partial charge >= 0.3 is 0 Å². The van der Waals surface area contributed by atoms with Crippen LogP contribution < -0.4 is 4.90 Å².